The van der Waals surface area contributed by atoms with Crippen LogP contribution in [0.5, 0.6) is 5.75 Å². The molecule has 0 saturated heterocycles. The number of aromatic nitrogens is 3. The molecule has 1 atom stereocenters. The van der Waals surface area contributed by atoms with Crippen molar-refractivity contribution in [3.63, 3.8) is 0 Å². The number of aryl methyl sites for hydroxylation is 2. The van der Waals surface area contributed by atoms with Crippen LogP contribution in [0.4, 0.5) is 5.69 Å². The first-order valence-electron chi connectivity index (χ1n) is 10.3. The monoisotopic (exact) mass is 478 g/mol. The maximum atomic E-state index is 13.5. The van der Waals surface area contributed by atoms with E-state index in [4.69, 9.17) is 16.3 Å². The molecule has 0 aliphatic carbocycles. The summed E-state index contributed by atoms with van der Waals surface area (Å²) in [6, 6.07) is 21.0. The molecule has 33 heavy (non-hydrogen) atoms. The number of methoxy groups -OCH3 is 1. The molecule has 0 fully saturated rings. The summed E-state index contributed by atoms with van der Waals surface area (Å²) < 4.78 is 7.26. The first kappa shape index (κ1) is 22.9. The van der Waals surface area contributed by atoms with E-state index in [0.717, 1.165) is 22.4 Å². The summed E-state index contributed by atoms with van der Waals surface area (Å²) in [4.78, 5) is 13.5. The Morgan fingerprint density at radius 2 is 1.88 bits per heavy atom. The average molecular weight is 479 g/mol. The van der Waals surface area contributed by atoms with Crippen LogP contribution < -0.4 is 10.1 Å². The summed E-state index contributed by atoms with van der Waals surface area (Å²) in [6.07, 6.45) is 1.62. The Bertz CT molecular complexity index is 1280. The highest BCUT2D eigenvalue weighted by Gasteiger charge is 2.26. The largest absolute Gasteiger partial charge is 0.495 e. The number of nitrogens with one attached hydrogen (secondary N) is 1. The Kier molecular flexibility index (Phi) is 7.01. The molecule has 1 heterocycles. The van der Waals surface area contributed by atoms with Gasteiger partial charge in [-0.3, -0.25) is 9.36 Å². The van der Waals surface area contributed by atoms with Gasteiger partial charge in [-0.1, -0.05) is 65.8 Å². The quantitative estimate of drug-likeness (QED) is 0.329. The molecule has 0 spiro atoms. The van der Waals surface area contributed by atoms with E-state index in [1.807, 2.05) is 85.1 Å². The van der Waals surface area contributed by atoms with Crippen LogP contribution >= 0.6 is 23.4 Å². The minimum absolute atomic E-state index is 0.188. The molecule has 0 bridgehead atoms. The van der Waals surface area contributed by atoms with Crippen LogP contribution in [0.3, 0.4) is 0 Å². The number of carbonyl (C=O) groups excluding carboxylic acids is 1. The van der Waals surface area contributed by atoms with Gasteiger partial charge in [-0.05, 0) is 54.8 Å². The molecule has 1 N–H and O–H groups in total. The number of carbonyl (C=O) groups is 1. The molecule has 1 unspecified atom stereocenters. The van der Waals surface area contributed by atoms with E-state index in [9.17, 15) is 4.79 Å². The second-order valence-electron chi connectivity index (χ2n) is 7.52. The zero-order chi connectivity index (χ0) is 23.4. The van der Waals surface area contributed by atoms with Crippen molar-refractivity contribution in [3.8, 4) is 11.4 Å². The Morgan fingerprint density at radius 1 is 1.09 bits per heavy atom. The molecule has 0 saturated carbocycles. The second kappa shape index (κ2) is 10.1. The molecule has 0 aliphatic rings. The highest BCUT2D eigenvalue weighted by molar-refractivity contribution is 8.00. The molecule has 4 aromatic rings. The summed E-state index contributed by atoms with van der Waals surface area (Å²) in [5.74, 6) is 0.412. The fraction of sp³-hybridized carbons (Fsp3) is 0.160. The van der Waals surface area contributed by atoms with Gasteiger partial charge in [0.25, 0.3) is 0 Å². The number of thioether (sulfide) groups is 1. The number of nitrogens with zero attached hydrogens (tertiary/aromatic N) is 3. The summed E-state index contributed by atoms with van der Waals surface area (Å²) in [7, 11) is 1.58. The predicted octanol–water partition coefficient (Wildman–Crippen LogP) is 6.02. The van der Waals surface area contributed by atoms with E-state index in [-0.39, 0.29) is 5.91 Å². The zero-order valence-corrected chi connectivity index (χ0v) is 20.0. The number of amides is 1. The van der Waals surface area contributed by atoms with E-state index in [2.05, 4.69) is 15.5 Å². The van der Waals surface area contributed by atoms with E-state index >= 15 is 0 Å². The smallest absolute Gasteiger partial charge is 0.242 e. The van der Waals surface area contributed by atoms with Crippen LogP contribution in [0.15, 0.2) is 78.2 Å². The van der Waals surface area contributed by atoms with Gasteiger partial charge in [-0.2, -0.15) is 0 Å². The Balaban J connectivity index is 1.68. The number of hydrogen-bond acceptors (Lipinski definition) is 5. The number of ether oxygens (including phenoxy) is 1. The van der Waals surface area contributed by atoms with Gasteiger partial charge < -0.3 is 10.1 Å². The summed E-state index contributed by atoms with van der Waals surface area (Å²) >= 11 is 7.65. The number of rotatable bonds is 7. The first-order chi connectivity index (χ1) is 16.0. The molecule has 4 rings (SSSR count). The minimum atomic E-state index is -0.569. The van der Waals surface area contributed by atoms with Crippen molar-refractivity contribution in [1.82, 2.24) is 14.8 Å². The normalized spacial score (nSPS) is 11.8. The second-order valence-corrected chi connectivity index (χ2v) is 9.00. The molecule has 3 aromatic carbocycles. The van der Waals surface area contributed by atoms with Crippen LogP contribution in [0.1, 0.15) is 21.9 Å². The topological polar surface area (TPSA) is 69.0 Å². The van der Waals surface area contributed by atoms with Gasteiger partial charge in [0.1, 0.15) is 17.3 Å². The lowest BCUT2D eigenvalue weighted by Gasteiger charge is -2.18. The Morgan fingerprint density at radius 3 is 2.61 bits per heavy atom. The summed E-state index contributed by atoms with van der Waals surface area (Å²) in [6.45, 7) is 3.91. The summed E-state index contributed by atoms with van der Waals surface area (Å²) in [5.41, 5.74) is 4.30. The average Bonchev–Trinajstić information content (AvgIpc) is 3.28. The number of halogens is 1. The van der Waals surface area contributed by atoms with Gasteiger partial charge >= 0.3 is 0 Å². The highest BCUT2D eigenvalue weighted by Crippen LogP contribution is 2.37. The number of anilines is 1. The van der Waals surface area contributed by atoms with Gasteiger partial charge in [0, 0.05) is 5.02 Å². The molecule has 0 radical (unpaired) electrons. The minimum Gasteiger partial charge on any atom is -0.495 e. The molecule has 8 heteroatoms. The fourth-order valence-electron chi connectivity index (χ4n) is 3.34. The third-order valence-corrected chi connectivity index (χ3v) is 6.74. The molecule has 1 aromatic heterocycles. The van der Waals surface area contributed by atoms with Crippen molar-refractivity contribution < 1.29 is 9.53 Å². The van der Waals surface area contributed by atoms with Crippen molar-refractivity contribution in [2.24, 2.45) is 0 Å². The van der Waals surface area contributed by atoms with E-state index in [1.54, 1.807) is 13.4 Å². The predicted molar refractivity (Wildman–Crippen MR) is 133 cm³/mol. The van der Waals surface area contributed by atoms with Crippen LogP contribution in [0, 0.1) is 13.8 Å². The lowest BCUT2D eigenvalue weighted by Crippen LogP contribution is -2.20. The van der Waals surface area contributed by atoms with Gasteiger partial charge in [-0.25, -0.2) is 0 Å². The SMILES string of the molecule is COc1ccc(C)cc1NC(=O)C(Sc1nncn1-c1ccc(C)c(Cl)c1)c1ccccc1. The molecule has 1 amide bonds. The van der Waals surface area contributed by atoms with Crippen molar-refractivity contribution in [2.75, 3.05) is 12.4 Å². The molecule has 168 valence electrons. The van der Waals surface area contributed by atoms with E-state index in [1.165, 1.54) is 11.8 Å². The number of hydrogen-bond donors (Lipinski definition) is 1. The van der Waals surface area contributed by atoms with Crippen LogP contribution in [0.25, 0.3) is 5.69 Å². The van der Waals surface area contributed by atoms with Gasteiger partial charge in [0.2, 0.25) is 5.91 Å². The van der Waals surface area contributed by atoms with Crippen molar-refractivity contribution in [2.45, 2.75) is 24.3 Å². The van der Waals surface area contributed by atoms with Crippen molar-refractivity contribution in [3.05, 3.63) is 94.8 Å². The molecular formula is C25H23ClN4O2S. The Labute approximate surface area is 202 Å². The maximum Gasteiger partial charge on any atom is 0.242 e. The van der Waals surface area contributed by atoms with Crippen LogP contribution in [-0.4, -0.2) is 27.8 Å². The first-order valence-corrected chi connectivity index (χ1v) is 11.6. The standard InChI is InChI=1S/C25H23ClN4O2S/c1-16-9-12-22(32-3)21(13-16)28-24(31)23(18-7-5-4-6-8-18)33-25-29-27-15-30(25)19-11-10-17(2)20(26)14-19/h4-15,23H,1-3H3,(H,28,31). The van der Waals surface area contributed by atoms with Crippen LogP contribution in [-0.2, 0) is 4.79 Å². The van der Waals surface area contributed by atoms with Gasteiger partial charge in [-0.15, -0.1) is 10.2 Å². The number of benzene rings is 3. The molecule has 6 nitrogen and oxygen atoms in total. The fourth-order valence-corrected chi connectivity index (χ4v) is 4.54. The summed E-state index contributed by atoms with van der Waals surface area (Å²) in [5, 5.41) is 12.0. The molecule has 0 aliphatic heterocycles. The van der Waals surface area contributed by atoms with Gasteiger partial charge in [0.15, 0.2) is 5.16 Å². The third-order valence-electron chi connectivity index (χ3n) is 5.13. The lowest BCUT2D eigenvalue weighted by atomic mass is 10.1. The van der Waals surface area contributed by atoms with E-state index in [0.29, 0.717) is 21.6 Å². The molecular weight excluding hydrogens is 456 g/mol. The zero-order valence-electron chi connectivity index (χ0n) is 18.4. The highest BCUT2D eigenvalue weighted by atomic mass is 35.5. The van der Waals surface area contributed by atoms with Crippen molar-refractivity contribution in [1.29, 1.82) is 0 Å². The lowest BCUT2D eigenvalue weighted by molar-refractivity contribution is -0.115. The Hall–Kier alpha value is -3.29. The van der Waals surface area contributed by atoms with Gasteiger partial charge in [0.05, 0.1) is 18.5 Å². The van der Waals surface area contributed by atoms with Crippen LogP contribution in [0.2, 0.25) is 5.02 Å². The van der Waals surface area contributed by atoms with E-state index < -0.39 is 5.25 Å². The third kappa shape index (κ3) is 5.21. The van der Waals surface area contributed by atoms with Crippen molar-refractivity contribution >= 4 is 35.0 Å². The maximum absolute atomic E-state index is 13.5.